The van der Waals surface area contributed by atoms with E-state index in [1.165, 1.54) is 32.4 Å². The lowest BCUT2D eigenvalue weighted by atomic mass is 10.1. The zero-order valence-electron chi connectivity index (χ0n) is 31.4. The van der Waals surface area contributed by atoms with Crippen molar-refractivity contribution >= 4 is 33.6 Å². The molecule has 4 aromatic rings. The van der Waals surface area contributed by atoms with Crippen molar-refractivity contribution in [3.05, 3.63) is 59.9 Å². The van der Waals surface area contributed by atoms with Gasteiger partial charge in [-0.05, 0) is 101 Å². The minimum atomic E-state index is 0.0373. The maximum Gasteiger partial charge on any atom is 0.270 e. The molecule has 0 saturated carbocycles. The van der Waals surface area contributed by atoms with Gasteiger partial charge in [-0.25, -0.2) is 0 Å². The number of nitrogens with one attached hydrogen (secondary N) is 2. The molecule has 4 fully saturated rings. The van der Waals surface area contributed by atoms with E-state index >= 15 is 0 Å². The van der Waals surface area contributed by atoms with Crippen molar-refractivity contribution in [1.29, 1.82) is 0 Å². The number of piperidine rings is 1. The molecule has 4 aliphatic heterocycles. The highest BCUT2D eigenvalue weighted by Gasteiger charge is 2.26. The summed E-state index contributed by atoms with van der Waals surface area (Å²) in [4.78, 5) is 40.4. The summed E-state index contributed by atoms with van der Waals surface area (Å²) in [5, 5.41) is 2.03. The summed E-state index contributed by atoms with van der Waals surface area (Å²) in [6.07, 6.45) is 6.38. The fourth-order valence-corrected chi connectivity index (χ4v) is 7.66. The molecule has 2 aromatic heterocycles. The molecule has 0 radical (unpaired) electrons. The van der Waals surface area contributed by atoms with E-state index in [0.717, 1.165) is 72.4 Å². The molecular weight excluding hydrogens is 672 g/mol. The minimum absolute atomic E-state index is 0.0373. The van der Waals surface area contributed by atoms with Crippen molar-refractivity contribution in [3.8, 4) is 11.5 Å². The lowest BCUT2D eigenvalue weighted by Gasteiger charge is -2.26. The Balaban J connectivity index is 0.000000164. The lowest BCUT2D eigenvalue weighted by molar-refractivity contribution is 0.0298. The summed E-state index contributed by atoms with van der Waals surface area (Å²) >= 11 is 0. The number of benzene rings is 2. The summed E-state index contributed by atoms with van der Waals surface area (Å²) in [5.74, 6) is 1.82. The third-order valence-electron chi connectivity index (χ3n) is 10.8. The van der Waals surface area contributed by atoms with E-state index in [1.54, 1.807) is 0 Å². The zero-order valence-corrected chi connectivity index (χ0v) is 31.4. The molecule has 2 aromatic carbocycles. The Hall–Kier alpha value is -4.10. The standard InChI is InChI=1S/C21H29N3O3.C20H27N3O3/c25-21(24-10-13-26-14-11-24)20-16-17-15-18(5-6-19(17)22-20)27-12-4-9-23-7-2-1-3-8-23;1-14(2)23-6-5-17(13-23)26-16-3-4-18-15(11-16)12-19(21-18)20(24)22-7-9-25-10-8-22/h5-6,15-16,22H,1-4,7-14H2;3-4,11-12,14,17,21H,5-10,13H2,1-2H3. The lowest BCUT2D eigenvalue weighted by Crippen LogP contribution is -2.40. The molecule has 6 heterocycles. The molecule has 4 aliphatic rings. The van der Waals surface area contributed by atoms with Crippen LogP contribution in [-0.2, 0) is 9.47 Å². The summed E-state index contributed by atoms with van der Waals surface area (Å²) in [5.41, 5.74) is 3.19. The molecule has 2 amide bonds. The SMILES string of the molecule is CC(C)N1CCC(Oc2ccc3[nH]c(C(=O)N4CCOCC4)cc3c2)C1.O=C(c1cc2cc(OCCCN3CCCCC3)ccc2[nH]1)N1CCOCC1. The smallest absolute Gasteiger partial charge is 0.270 e. The van der Waals surface area contributed by atoms with E-state index in [0.29, 0.717) is 70.0 Å². The number of carbonyl (C=O) groups is 2. The number of hydrogen-bond donors (Lipinski definition) is 2. The van der Waals surface area contributed by atoms with Gasteiger partial charge in [-0.3, -0.25) is 14.5 Å². The van der Waals surface area contributed by atoms with Gasteiger partial charge < -0.3 is 43.6 Å². The van der Waals surface area contributed by atoms with Gasteiger partial charge >= 0.3 is 0 Å². The number of amides is 2. The number of fused-ring (bicyclic) bond motifs is 2. The number of nitrogens with zero attached hydrogens (tertiary/aromatic N) is 4. The van der Waals surface area contributed by atoms with Crippen LogP contribution in [0.5, 0.6) is 11.5 Å². The predicted octanol–water partition coefficient (Wildman–Crippen LogP) is 5.40. The maximum absolute atomic E-state index is 12.6. The fraction of sp³-hybridized carbons (Fsp3) is 0.561. The number of rotatable bonds is 10. The van der Waals surface area contributed by atoms with E-state index in [4.69, 9.17) is 18.9 Å². The monoisotopic (exact) mass is 728 g/mol. The van der Waals surface area contributed by atoms with Crippen molar-refractivity contribution in [2.75, 3.05) is 91.9 Å². The topological polar surface area (TPSA) is 116 Å². The maximum atomic E-state index is 12.6. The van der Waals surface area contributed by atoms with Crippen LogP contribution < -0.4 is 9.47 Å². The second kappa shape index (κ2) is 17.8. The van der Waals surface area contributed by atoms with Crippen LogP contribution in [0.2, 0.25) is 0 Å². The van der Waals surface area contributed by atoms with Crippen LogP contribution in [-0.4, -0.2) is 145 Å². The van der Waals surface area contributed by atoms with Crippen molar-refractivity contribution in [3.63, 3.8) is 0 Å². The highest BCUT2D eigenvalue weighted by Crippen LogP contribution is 2.26. The van der Waals surface area contributed by atoms with E-state index in [2.05, 4.69) is 33.6 Å². The van der Waals surface area contributed by atoms with Crippen LogP contribution in [0, 0.1) is 0 Å². The molecule has 0 aliphatic carbocycles. The molecule has 1 atom stereocenters. The zero-order chi connectivity index (χ0) is 36.6. The van der Waals surface area contributed by atoms with Crippen molar-refractivity contribution in [2.45, 2.75) is 58.1 Å². The Kier molecular flexibility index (Phi) is 12.5. The van der Waals surface area contributed by atoms with Gasteiger partial charge in [0.15, 0.2) is 0 Å². The third-order valence-corrected chi connectivity index (χ3v) is 10.8. The fourth-order valence-electron chi connectivity index (χ4n) is 7.66. The van der Waals surface area contributed by atoms with Gasteiger partial charge in [0.25, 0.3) is 11.8 Å². The van der Waals surface area contributed by atoms with Gasteiger partial charge in [0.2, 0.25) is 0 Å². The first-order valence-corrected chi connectivity index (χ1v) is 19.6. The number of morpholine rings is 2. The van der Waals surface area contributed by atoms with E-state index in [-0.39, 0.29) is 17.9 Å². The highest BCUT2D eigenvalue weighted by molar-refractivity contribution is 5.99. The van der Waals surface area contributed by atoms with E-state index < -0.39 is 0 Å². The number of likely N-dealkylation sites (tertiary alicyclic amines) is 2. The van der Waals surface area contributed by atoms with Crippen LogP contribution in [0.15, 0.2) is 48.5 Å². The molecule has 286 valence electrons. The third kappa shape index (κ3) is 9.72. The number of H-pyrrole nitrogens is 2. The quantitative estimate of drug-likeness (QED) is 0.209. The molecule has 53 heavy (non-hydrogen) atoms. The molecule has 12 heteroatoms. The van der Waals surface area contributed by atoms with Crippen LogP contribution in [0.3, 0.4) is 0 Å². The summed E-state index contributed by atoms with van der Waals surface area (Å²) < 4.78 is 22.8. The Bertz CT molecular complexity index is 1800. The summed E-state index contributed by atoms with van der Waals surface area (Å²) in [6, 6.07) is 16.4. The van der Waals surface area contributed by atoms with Gasteiger partial charge in [0.05, 0.1) is 33.0 Å². The minimum Gasteiger partial charge on any atom is -0.494 e. The number of aromatic nitrogens is 2. The molecule has 1 unspecified atom stereocenters. The number of ether oxygens (including phenoxy) is 4. The van der Waals surface area contributed by atoms with Gasteiger partial charge in [0.1, 0.15) is 29.0 Å². The van der Waals surface area contributed by atoms with Gasteiger partial charge in [0, 0.05) is 73.7 Å². The first kappa shape index (κ1) is 37.2. The Morgan fingerprint density at radius 1 is 0.736 bits per heavy atom. The average Bonchev–Trinajstić information content (AvgIpc) is 3.96. The van der Waals surface area contributed by atoms with Crippen LogP contribution in [0.25, 0.3) is 21.8 Å². The Labute approximate surface area is 312 Å². The number of hydrogen-bond acceptors (Lipinski definition) is 8. The second-order valence-electron chi connectivity index (χ2n) is 14.9. The van der Waals surface area contributed by atoms with Crippen molar-refractivity contribution < 1.29 is 28.5 Å². The number of aromatic amines is 2. The molecule has 0 bridgehead atoms. The van der Waals surface area contributed by atoms with E-state index in [9.17, 15) is 9.59 Å². The Morgan fingerprint density at radius 3 is 1.87 bits per heavy atom. The van der Waals surface area contributed by atoms with Crippen LogP contribution in [0.1, 0.15) is 66.9 Å². The highest BCUT2D eigenvalue weighted by atomic mass is 16.5. The van der Waals surface area contributed by atoms with Gasteiger partial charge in [-0.1, -0.05) is 6.42 Å². The largest absolute Gasteiger partial charge is 0.494 e. The molecule has 0 spiro atoms. The number of carbonyl (C=O) groups excluding carboxylic acids is 2. The van der Waals surface area contributed by atoms with Gasteiger partial charge in [-0.2, -0.15) is 0 Å². The van der Waals surface area contributed by atoms with Crippen LogP contribution in [0.4, 0.5) is 0 Å². The van der Waals surface area contributed by atoms with Crippen LogP contribution >= 0.6 is 0 Å². The van der Waals surface area contributed by atoms with Crippen molar-refractivity contribution in [1.82, 2.24) is 29.6 Å². The van der Waals surface area contributed by atoms with Gasteiger partial charge in [-0.15, -0.1) is 0 Å². The molecule has 12 nitrogen and oxygen atoms in total. The second-order valence-corrected chi connectivity index (χ2v) is 14.9. The molecule has 4 saturated heterocycles. The molecule has 2 N–H and O–H groups in total. The summed E-state index contributed by atoms with van der Waals surface area (Å²) in [6.45, 7) is 15.9. The first-order valence-electron chi connectivity index (χ1n) is 19.6. The van der Waals surface area contributed by atoms with E-state index in [1.807, 2.05) is 58.3 Å². The molecular formula is C41H56N6O6. The van der Waals surface area contributed by atoms with Crippen molar-refractivity contribution in [2.24, 2.45) is 0 Å². The Morgan fingerprint density at radius 2 is 1.30 bits per heavy atom. The predicted molar refractivity (Wildman–Crippen MR) is 206 cm³/mol. The molecule has 8 rings (SSSR count). The average molecular weight is 729 g/mol. The normalized spacial score (nSPS) is 20.2. The first-order chi connectivity index (χ1) is 25.9. The summed E-state index contributed by atoms with van der Waals surface area (Å²) in [7, 11) is 0.